The molecule has 0 saturated carbocycles. The molecule has 0 aliphatic rings. The van der Waals surface area contributed by atoms with Crippen LogP contribution in [0.4, 0.5) is 5.69 Å². The van der Waals surface area contributed by atoms with E-state index in [-0.39, 0.29) is 11.7 Å². The first-order chi connectivity index (χ1) is 11.6. The van der Waals surface area contributed by atoms with Crippen LogP contribution in [0.3, 0.4) is 0 Å². The number of nitrogens with zero attached hydrogens (tertiary/aromatic N) is 2. The van der Waals surface area contributed by atoms with Gasteiger partial charge in [-0.2, -0.15) is 0 Å². The molecule has 3 rings (SSSR count). The van der Waals surface area contributed by atoms with E-state index in [4.69, 9.17) is 0 Å². The molecule has 1 heterocycles. The van der Waals surface area contributed by atoms with Crippen molar-refractivity contribution in [2.24, 2.45) is 0 Å². The van der Waals surface area contributed by atoms with Gasteiger partial charge >= 0.3 is 0 Å². The number of benzene rings is 2. The summed E-state index contributed by atoms with van der Waals surface area (Å²) in [6.45, 7) is 3.99. The predicted octanol–water partition coefficient (Wildman–Crippen LogP) is 3.82. The van der Waals surface area contributed by atoms with Crippen LogP contribution in [0, 0.1) is 13.8 Å². The van der Waals surface area contributed by atoms with Gasteiger partial charge in [-0.1, -0.05) is 54.2 Å². The van der Waals surface area contributed by atoms with Crippen LogP contribution < -0.4 is 5.32 Å². The number of rotatable bonds is 5. The molecule has 6 heteroatoms. The molecule has 0 spiro atoms. The Labute approximate surface area is 144 Å². The molecule has 0 radical (unpaired) electrons. The number of anilines is 1. The van der Waals surface area contributed by atoms with Crippen molar-refractivity contribution < 1.29 is 4.79 Å². The van der Waals surface area contributed by atoms with Gasteiger partial charge in [0.15, 0.2) is 5.82 Å². The fraction of sp³-hybridized carbons (Fsp3) is 0.167. The lowest BCUT2D eigenvalue weighted by atomic mass is 10.1. The molecule has 0 bridgehead atoms. The van der Waals surface area contributed by atoms with Gasteiger partial charge in [-0.05, 0) is 31.0 Å². The van der Waals surface area contributed by atoms with Crippen LogP contribution in [0.25, 0.3) is 11.4 Å². The maximum absolute atomic E-state index is 12.1. The quantitative estimate of drug-likeness (QED) is 0.694. The Balaban J connectivity index is 1.61. The standard InChI is InChI=1S/C18H18N4OS/c1-12-7-3-5-9-14(12)17-20-18(22-21-17)24-11-16(23)19-15-10-6-4-8-13(15)2/h3-10H,11H2,1-2H3,(H,19,23)(H,20,21,22). The van der Waals surface area contributed by atoms with E-state index in [0.29, 0.717) is 5.16 Å². The molecule has 122 valence electrons. The second kappa shape index (κ2) is 7.31. The zero-order valence-electron chi connectivity index (χ0n) is 13.5. The second-order valence-corrected chi connectivity index (χ2v) is 6.38. The summed E-state index contributed by atoms with van der Waals surface area (Å²) in [5.41, 5.74) is 4.01. The Bertz CT molecular complexity index is 859. The number of hydrogen-bond donors (Lipinski definition) is 2. The van der Waals surface area contributed by atoms with Crippen LogP contribution >= 0.6 is 11.8 Å². The van der Waals surface area contributed by atoms with Gasteiger partial charge in [0.2, 0.25) is 11.1 Å². The first-order valence-corrected chi connectivity index (χ1v) is 8.59. The average Bonchev–Trinajstić information content (AvgIpc) is 3.04. The third-order valence-corrected chi connectivity index (χ3v) is 4.46. The summed E-state index contributed by atoms with van der Waals surface area (Å²) in [5.74, 6) is 0.908. The van der Waals surface area contributed by atoms with Crippen LogP contribution in [-0.2, 0) is 4.79 Å². The molecule has 2 N–H and O–H groups in total. The Morgan fingerprint density at radius 3 is 2.54 bits per heavy atom. The number of nitrogens with one attached hydrogen (secondary N) is 2. The van der Waals surface area contributed by atoms with Crippen molar-refractivity contribution in [3.05, 3.63) is 59.7 Å². The topological polar surface area (TPSA) is 70.7 Å². The molecule has 0 aliphatic heterocycles. The highest BCUT2D eigenvalue weighted by Crippen LogP contribution is 2.22. The molecule has 5 nitrogen and oxygen atoms in total. The van der Waals surface area contributed by atoms with E-state index in [1.54, 1.807) is 0 Å². The molecule has 0 unspecified atom stereocenters. The van der Waals surface area contributed by atoms with E-state index in [1.165, 1.54) is 11.8 Å². The third kappa shape index (κ3) is 3.83. The number of hydrogen-bond acceptors (Lipinski definition) is 4. The number of para-hydroxylation sites is 1. The summed E-state index contributed by atoms with van der Waals surface area (Å²) in [4.78, 5) is 16.5. The zero-order valence-corrected chi connectivity index (χ0v) is 14.4. The highest BCUT2D eigenvalue weighted by Gasteiger charge is 2.11. The second-order valence-electron chi connectivity index (χ2n) is 5.43. The molecule has 24 heavy (non-hydrogen) atoms. The minimum atomic E-state index is -0.0726. The molecule has 0 saturated heterocycles. The van der Waals surface area contributed by atoms with Crippen LogP contribution in [0.5, 0.6) is 0 Å². The minimum absolute atomic E-state index is 0.0726. The number of aryl methyl sites for hydroxylation is 2. The molecule has 0 fully saturated rings. The van der Waals surface area contributed by atoms with Crippen molar-refractivity contribution in [3.63, 3.8) is 0 Å². The first-order valence-electron chi connectivity index (χ1n) is 7.60. The van der Waals surface area contributed by atoms with E-state index in [2.05, 4.69) is 20.5 Å². The maximum atomic E-state index is 12.1. The predicted molar refractivity (Wildman–Crippen MR) is 97.1 cm³/mol. The largest absolute Gasteiger partial charge is 0.325 e. The lowest BCUT2D eigenvalue weighted by molar-refractivity contribution is -0.113. The molecular weight excluding hydrogens is 320 g/mol. The van der Waals surface area contributed by atoms with Crippen molar-refractivity contribution >= 4 is 23.4 Å². The summed E-state index contributed by atoms with van der Waals surface area (Å²) < 4.78 is 0. The Morgan fingerprint density at radius 2 is 1.79 bits per heavy atom. The van der Waals surface area contributed by atoms with Crippen molar-refractivity contribution in [2.75, 3.05) is 11.1 Å². The molecule has 0 atom stereocenters. The van der Waals surface area contributed by atoms with Gasteiger partial charge in [0.1, 0.15) is 0 Å². The molecule has 3 aromatic rings. The van der Waals surface area contributed by atoms with Crippen molar-refractivity contribution in [1.82, 2.24) is 15.2 Å². The van der Waals surface area contributed by atoms with Gasteiger partial charge in [0.25, 0.3) is 0 Å². The summed E-state index contributed by atoms with van der Waals surface area (Å²) >= 11 is 1.31. The Morgan fingerprint density at radius 1 is 1.08 bits per heavy atom. The highest BCUT2D eigenvalue weighted by molar-refractivity contribution is 7.99. The molecular formula is C18H18N4OS. The average molecular weight is 338 g/mol. The number of aromatic amines is 1. The van der Waals surface area contributed by atoms with E-state index >= 15 is 0 Å². The van der Waals surface area contributed by atoms with Gasteiger partial charge < -0.3 is 5.32 Å². The van der Waals surface area contributed by atoms with Crippen molar-refractivity contribution in [1.29, 1.82) is 0 Å². The Kier molecular flexibility index (Phi) is 4.96. The highest BCUT2D eigenvalue weighted by atomic mass is 32.2. The van der Waals surface area contributed by atoms with Gasteiger partial charge in [-0.3, -0.25) is 9.89 Å². The number of amides is 1. The van der Waals surface area contributed by atoms with Gasteiger partial charge in [-0.15, -0.1) is 5.10 Å². The van der Waals surface area contributed by atoms with Crippen LogP contribution in [0.2, 0.25) is 0 Å². The number of aromatic nitrogens is 3. The molecule has 0 aliphatic carbocycles. The molecule has 2 aromatic carbocycles. The van der Waals surface area contributed by atoms with Crippen molar-refractivity contribution in [2.45, 2.75) is 19.0 Å². The Hall–Kier alpha value is -2.60. The molecule has 1 aromatic heterocycles. The number of carbonyl (C=O) groups is 1. The summed E-state index contributed by atoms with van der Waals surface area (Å²) in [7, 11) is 0. The van der Waals surface area contributed by atoms with Crippen LogP contribution in [-0.4, -0.2) is 26.8 Å². The van der Waals surface area contributed by atoms with Crippen LogP contribution in [0.1, 0.15) is 11.1 Å². The summed E-state index contributed by atoms with van der Waals surface area (Å²) in [6.07, 6.45) is 0. The van der Waals surface area contributed by atoms with Gasteiger partial charge in [-0.25, -0.2) is 4.98 Å². The van der Waals surface area contributed by atoms with Crippen molar-refractivity contribution in [3.8, 4) is 11.4 Å². The SMILES string of the molecule is Cc1ccccc1NC(=O)CSc1n[nH]c(-c2ccccc2C)n1. The van der Waals surface area contributed by atoms with E-state index in [1.807, 2.05) is 62.4 Å². The van der Waals surface area contributed by atoms with E-state index in [0.717, 1.165) is 28.2 Å². The first kappa shape index (κ1) is 16.3. The van der Waals surface area contributed by atoms with E-state index < -0.39 is 0 Å². The number of thioether (sulfide) groups is 1. The maximum Gasteiger partial charge on any atom is 0.234 e. The lowest BCUT2D eigenvalue weighted by Crippen LogP contribution is -2.14. The number of carbonyl (C=O) groups excluding carboxylic acids is 1. The monoisotopic (exact) mass is 338 g/mol. The zero-order chi connectivity index (χ0) is 16.9. The number of H-pyrrole nitrogens is 1. The third-order valence-electron chi connectivity index (χ3n) is 3.62. The van der Waals surface area contributed by atoms with Gasteiger partial charge in [0.05, 0.1) is 5.75 Å². The molecule has 1 amide bonds. The normalized spacial score (nSPS) is 10.6. The lowest BCUT2D eigenvalue weighted by Gasteiger charge is -2.06. The summed E-state index contributed by atoms with van der Waals surface area (Å²) in [6, 6.07) is 15.7. The van der Waals surface area contributed by atoms with Crippen LogP contribution in [0.15, 0.2) is 53.7 Å². The van der Waals surface area contributed by atoms with E-state index in [9.17, 15) is 4.79 Å². The van der Waals surface area contributed by atoms with Gasteiger partial charge in [0, 0.05) is 11.3 Å². The smallest absolute Gasteiger partial charge is 0.234 e. The summed E-state index contributed by atoms with van der Waals surface area (Å²) in [5, 5.41) is 10.6. The fourth-order valence-corrected chi connectivity index (χ4v) is 2.90. The fourth-order valence-electron chi connectivity index (χ4n) is 2.30. The minimum Gasteiger partial charge on any atom is -0.325 e.